The van der Waals surface area contributed by atoms with E-state index in [1.165, 1.54) is 17.5 Å². The fraction of sp³-hybridized carbons (Fsp3) is 0.571. The molecule has 0 saturated carbocycles. The van der Waals surface area contributed by atoms with Crippen molar-refractivity contribution in [3.63, 3.8) is 0 Å². The Balaban J connectivity index is 2.72. The second-order valence-electron chi connectivity index (χ2n) is 4.87. The van der Waals surface area contributed by atoms with Crippen LogP contribution in [0, 0.1) is 5.92 Å². The Labute approximate surface area is 99.5 Å². The quantitative estimate of drug-likeness (QED) is 0.721. The Morgan fingerprint density at radius 2 is 1.53 bits per heavy atom. The van der Waals surface area contributed by atoms with Crippen molar-refractivity contribution in [3.05, 3.63) is 35.4 Å². The Morgan fingerprint density at radius 1 is 1.00 bits per heavy atom. The fourth-order valence-electron chi connectivity index (χ4n) is 1.71. The van der Waals surface area contributed by atoms with Gasteiger partial charge < -0.3 is 0 Å². The van der Waals surface area contributed by atoms with Crippen LogP contribution >= 0.6 is 12.6 Å². The van der Waals surface area contributed by atoms with E-state index in [0.29, 0.717) is 11.2 Å². The summed E-state index contributed by atoms with van der Waals surface area (Å²) in [7, 11) is 0. The van der Waals surface area contributed by atoms with Crippen molar-refractivity contribution in [1.29, 1.82) is 0 Å². The van der Waals surface area contributed by atoms with E-state index in [2.05, 4.69) is 64.6 Å². The maximum absolute atomic E-state index is 4.49. The first-order chi connectivity index (χ1) is 7.00. The highest BCUT2D eigenvalue weighted by Gasteiger charge is 2.10. The molecule has 1 aromatic rings. The van der Waals surface area contributed by atoms with Crippen LogP contribution in [0.4, 0.5) is 0 Å². The molecular weight excluding hydrogens is 200 g/mol. The molecule has 0 aliphatic rings. The molecule has 15 heavy (non-hydrogen) atoms. The zero-order chi connectivity index (χ0) is 11.4. The van der Waals surface area contributed by atoms with Gasteiger partial charge in [-0.05, 0) is 29.4 Å². The molecular formula is C14H22S. The molecule has 2 unspecified atom stereocenters. The standard InChI is InChI=1S/C14H22S/c1-10(2)9-13-5-7-14(8-6-13)11(3)12(4)15/h5-8,10-12,15H,9H2,1-4H3. The van der Waals surface area contributed by atoms with Gasteiger partial charge in [-0.3, -0.25) is 0 Å². The molecule has 0 radical (unpaired) electrons. The smallest absolute Gasteiger partial charge is 0.00545 e. The van der Waals surface area contributed by atoms with Gasteiger partial charge in [0.2, 0.25) is 0 Å². The van der Waals surface area contributed by atoms with E-state index in [1.807, 2.05) is 0 Å². The van der Waals surface area contributed by atoms with Crippen molar-refractivity contribution >= 4 is 12.6 Å². The van der Waals surface area contributed by atoms with Gasteiger partial charge in [0.25, 0.3) is 0 Å². The van der Waals surface area contributed by atoms with Crippen molar-refractivity contribution < 1.29 is 0 Å². The van der Waals surface area contributed by atoms with Crippen molar-refractivity contribution in [2.45, 2.75) is 45.3 Å². The molecule has 1 aromatic carbocycles. The van der Waals surface area contributed by atoms with Gasteiger partial charge in [-0.25, -0.2) is 0 Å². The monoisotopic (exact) mass is 222 g/mol. The molecule has 84 valence electrons. The maximum atomic E-state index is 4.49. The average molecular weight is 222 g/mol. The summed E-state index contributed by atoms with van der Waals surface area (Å²) >= 11 is 4.49. The zero-order valence-electron chi connectivity index (χ0n) is 10.2. The number of benzene rings is 1. The third kappa shape index (κ3) is 3.90. The fourth-order valence-corrected chi connectivity index (χ4v) is 1.88. The first kappa shape index (κ1) is 12.6. The van der Waals surface area contributed by atoms with E-state index in [-0.39, 0.29) is 0 Å². The summed E-state index contributed by atoms with van der Waals surface area (Å²) in [6.07, 6.45) is 1.17. The highest BCUT2D eigenvalue weighted by atomic mass is 32.1. The number of hydrogen-bond donors (Lipinski definition) is 1. The number of rotatable bonds is 4. The Bertz CT molecular complexity index is 285. The summed E-state index contributed by atoms with van der Waals surface area (Å²) < 4.78 is 0. The molecule has 0 heterocycles. The predicted octanol–water partition coefficient (Wildman–Crippen LogP) is 4.31. The molecule has 0 aliphatic carbocycles. The lowest BCUT2D eigenvalue weighted by atomic mass is 9.95. The first-order valence-corrected chi connectivity index (χ1v) is 6.29. The first-order valence-electron chi connectivity index (χ1n) is 5.77. The van der Waals surface area contributed by atoms with Crippen LogP contribution in [0.2, 0.25) is 0 Å². The van der Waals surface area contributed by atoms with E-state index in [4.69, 9.17) is 0 Å². The largest absolute Gasteiger partial charge is 0.176 e. The summed E-state index contributed by atoms with van der Waals surface area (Å²) in [6.45, 7) is 8.89. The van der Waals surface area contributed by atoms with E-state index < -0.39 is 0 Å². The molecule has 1 heteroatoms. The molecule has 0 fully saturated rings. The maximum Gasteiger partial charge on any atom is 0.00545 e. The lowest BCUT2D eigenvalue weighted by molar-refractivity contribution is 0.646. The van der Waals surface area contributed by atoms with E-state index in [9.17, 15) is 0 Å². The second-order valence-corrected chi connectivity index (χ2v) is 5.68. The van der Waals surface area contributed by atoms with Crippen LogP contribution in [-0.2, 0) is 6.42 Å². The molecule has 0 nitrogen and oxygen atoms in total. The summed E-state index contributed by atoms with van der Waals surface area (Å²) in [5.74, 6) is 1.26. The molecule has 0 N–H and O–H groups in total. The van der Waals surface area contributed by atoms with Crippen LogP contribution in [0.25, 0.3) is 0 Å². The van der Waals surface area contributed by atoms with Crippen molar-refractivity contribution in [2.24, 2.45) is 5.92 Å². The Kier molecular flexibility index (Phi) is 4.72. The zero-order valence-corrected chi connectivity index (χ0v) is 11.1. The summed E-state index contributed by atoms with van der Waals surface area (Å²) in [5.41, 5.74) is 2.83. The SMILES string of the molecule is CC(C)Cc1ccc(C(C)C(C)S)cc1. The van der Waals surface area contributed by atoms with E-state index in [1.54, 1.807) is 0 Å². The molecule has 0 spiro atoms. The van der Waals surface area contributed by atoms with Gasteiger partial charge in [0.1, 0.15) is 0 Å². The third-order valence-corrected chi connectivity index (χ3v) is 3.32. The van der Waals surface area contributed by atoms with Gasteiger partial charge in [-0.1, -0.05) is 52.0 Å². The van der Waals surface area contributed by atoms with Crippen LogP contribution in [0.15, 0.2) is 24.3 Å². The van der Waals surface area contributed by atoms with Crippen molar-refractivity contribution in [2.75, 3.05) is 0 Å². The molecule has 0 bridgehead atoms. The summed E-state index contributed by atoms with van der Waals surface area (Å²) in [5, 5.41) is 0.418. The second kappa shape index (κ2) is 5.60. The summed E-state index contributed by atoms with van der Waals surface area (Å²) in [6, 6.07) is 8.99. The number of hydrogen-bond acceptors (Lipinski definition) is 1. The molecule has 0 amide bonds. The van der Waals surface area contributed by atoms with Gasteiger partial charge >= 0.3 is 0 Å². The van der Waals surface area contributed by atoms with Crippen LogP contribution in [0.5, 0.6) is 0 Å². The minimum atomic E-state index is 0.418. The highest BCUT2D eigenvalue weighted by Crippen LogP contribution is 2.23. The molecule has 0 aliphatic heterocycles. The summed E-state index contributed by atoms with van der Waals surface area (Å²) in [4.78, 5) is 0. The van der Waals surface area contributed by atoms with E-state index in [0.717, 1.165) is 5.92 Å². The van der Waals surface area contributed by atoms with Gasteiger partial charge in [0, 0.05) is 5.25 Å². The normalized spacial score (nSPS) is 15.3. The Morgan fingerprint density at radius 3 is 1.93 bits per heavy atom. The van der Waals surface area contributed by atoms with Gasteiger partial charge in [-0.2, -0.15) is 12.6 Å². The Hall–Kier alpha value is -0.430. The predicted molar refractivity (Wildman–Crippen MR) is 71.8 cm³/mol. The van der Waals surface area contributed by atoms with Crippen LogP contribution in [0.1, 0.15) is 44.7 Å². The van der Waals surface area contributed by atoms with Gasteiger partial charge in [-0.15, -0.1) is 0 Å². The van der Waals surface area contributed by atoms with Gasteiger partial charge in [0.15, 0.2) is 0 Å². The molecule has 2 atom stereocenters. The number of thiol groups is 1. The highest BCUT2D eigenvalue weighted by molar-refractivity contribution is 7.81. The minimum Gasteiger partial charge on any atom is -0.176 e. The van der Waals surface area contributed by atoms with Crippen LogP contribution in [-0.4, -0.2) is 5.25 Å². The van der Waals surface area contributed by atoms with Crippen LogP contribution in [0.3, 0.4) is 0 Å². The third-order valence-electron chi connectivity index (χ3n) is 2.87. The molecule has 0 aromatic heterocycles. The van der Waals surface area contributed by atoms with Crippen molar-refractivity contribution in [1.82, 2.24) is 0 Å². The lowest BCUT2D eigenvalue weighted by Crippen LogP contribution is -2.05. The van der Waals surface area contributed by atoms with Gasteiger partial charge in [0.05, 0.1) is 0 Å². The average Bonchev–Trinajstić information content (AvgIpc) is 2.17. The van der Waals surface area contributed by atoms with Crippen LogP contribution < -0.4 is 0 Å². The minimum absolute atomic E-state index is 0.418. The molecule has 0 saturated heterocycles. The van der Waals surface area contributed by atoms with Crippen molar-refractivity contribution in [3.8, 4) is 0 Å². The lowest BCUT2D eigenvalue weighted by Gasteiger charge is -2.15. The van der Waals surface area contributed by atoms with E-state index >= 15 is 0 Å². The molecule has 1 rings (SSSR count). The topological polar surface area (TPSA) is 0 Å².